The van der Waals surface area contributed by atoms with Crippen LogP contribution in [0.15, 0.2) is 39.4 Å². The molecule has 3 nitrogen and oxygen atoms in total. The van der Waals surface area contributed by atoms with Gasteiger partial charge >= 0.3 is 0 Å². The van der Waals surface area contributed by atoms with Crippen LogP contribution in [0, 0.1) is 18.3 Å². The van der Waals surface area contributed by atoms with Crippen LogP contribution in [0.25, 0.3) is 0 Å². The van der Waals surface area contributed by atoms with Crippen molar-refractivity contribution in [2.45, 2.75) is 6.92 Å². The lowest BCUT2D eigenvalue weighted by atomic mass is 10.1. The van der Waals surface area contributed by atoms with Gasteiger partial charge in [-0.15, -0.1) is 0 Å². The molecule has 90 valence electrons. The van der Waals surface area contributed by atoms with Crippen LogP contribution in [-0.2, 0) is 0 Å². The summed E-state index contributed by atoms with van der Waals surface area (Å²) in [5.74, 6) is 0.560. The lowest BCUT2D eigenvalue weighted by Gasteiger charge is -2.11. The van der Waals surface area contributed by atoms with E-state index in [4.69, 9.17) is 5.26 Å². The predicted octanol–water partition coefficient (Wildman–Crippen LogP) is 4.53. The highest BCUT2D eigenvalue weighted by Gasteiger charge is 2.10. The zero-order valence-corrected chi connectivity index (χ0v) is 12.7. The molecule has 0 saturated heterocycles. The van der Waals surface area contributed by atoms with E-state index >= 15 is 0 Å². The van der Waals surface area contributed by atoms with Crippen molar-refractivity contribution >= 4 is 43.4 Å². The molecule has 0 spiro atoms. The summed E-state index contributed by atoms with van der Waals surface area (Å²) >= 11 is 6.93. The highest BCUT2D eigenvalue weighted by atomic mass is 79.9. The van der Waals surface area contributed by atoms with Crippen molar-refractivity contribution in [1.82, 2.24) is 4.98 Å². The van der Waals surface area contributed by atoms with E-state index in [9.17, 15) is 0 Å². The number of halogens is 2. The minimum atomic E-state index is 0.556. The molecule has 0 atom stereocenters. The molecule has 1 heterocycles. The van der Waals surface area contributed by atoms with Crippen molar-refractivity contribution in [3.8, 4) is 6.07 Å². The van der Waals surface area contributed by atoms with Crippen LogP contribution in [0.2, 0.25) is 0 Å². The number of benzene rings is 1. The number of rotatable bonds is 2. The van der Waals surface area contributed by atoms with Gasteiger partial charge in [0, 0.05) is 15.1 Å². The van der Waals surface area contributed by atoms with E-state index in [0.29, 0.717) is 11.4 Å². The Morgan fingerprint density at radius 1 is 1.22 bits per heavy atom. The Balaban J connectivity index is 2.48. The predicted molar refractivity (Wildman–Crippen MR) is 78.8 cm³/mol. The molecule has 0 unspecified atom stereocenters. The SMILES string of the molecule is Cc1ccnc(Nc2c(Br)cccc2Br)c1C#N. The molecule has 18 heavy (non-hydrogen) atoms. The molecule has 1 N–H and O–H groups in total. The van der Waals surface area contributed by atoms with Gasteiger partial charge in [0.2, 0.25) is 0 Å². The smallest absolute Gasteiger partial charge is 0.148 e. The molecule has 2 rings (SSSR count). The van der Waals surface area contributed by atoms with Crippen molar-refractivity contribution in [3.63, 3.8) is 0 Å². The van der Waals surface area contributed by atoms with Gasteiger partial charge < -0.3 is 5.32 Å². The number of nitrogens with one attached hydrogen (secondary N) is 1. The zero-order valence-electron chi connectivity index (χ0n) is 9.54. The summed E-state index contributed by atoms with van der Waals surface area (Å²) < 4.78 is 1.81. The fourth-order valence-corrected chi connectivity index (χ4v) is 2.73. The molecule has 5 heteroatoms. The van der Waals surface area contributed by atoms with Gasteiger partial charge in [0.25, 0.3) is 0 Å². The van der Waals surface area contributed by atoms with Crippen LogP contribution in [0.5, 0.6) is 0 Å². The molecule has 0 radical (unpaired) electrons. The highest BCUT2D eigenvalue weighted by Crippen LogP contribution is 2.33. The molecule has 0 aliphatic heterocycles. The van der Waals surface area contributed by atoms with Crippen LogP contribution in [-0.4, -0.2) is 4.98 Å². The molecule has 1 aromatic carbocycles. The minimum Gasteiger partial charge on any atom is -0.337 e. The van der Waals surface area contributed by atoms with Crippen LogP contribution >= 0.6 is 31.9 Å². The number of nitriles is 1. The number of pyridine rings is 1. The number of anilines is 2. The monoisotopic (exact) mass is 365 g/mol. The lowest BCUT2D eigenvalue weighted by molar-refractivity contribution is 1.24. The summed E-state index contributed by atoms with van der Waals surface area (Å²) in [5.41, 5.74) is 2.31. The Kier molecular flexibility index (Phi) is 4.00. The van der Waals surface area contributed by atoms with Gasteiger partial charge in [0.1, 0.15) is 11.9 Å². The van der Waals surface area contributed by atoms with Crippen molar-refractivity contribution in [3.05, 3.63) is 50.5 Å². The second-order valence-corrected chi connectivity index (χ2v) is 5.39. The standard InChI is InChI=1S/C13H9Br2N3/c1-8-5-6-17-13(9(8)7-16)18-12-10(14)3-2-4-11(12)15/h2-6H,1H3,(H,17,18). The van der Waals surface area contributed by atoms with Crippen molar-refractivity contribution in [2.24, 2.45) is 0 Å². The van der Waals surface area contributed by atoms with Crippen LogP contribution in [0.3, 0.4) is 0 Å². The van der Waals surface area contributed by atoms with E-state index < -0.39 is 0 Å². The summed E-state index contributed by atoms with van der Waals surface area (Å²) in [6.45, 7) is 1.89. The molecule has 0 aliphatic carbocycles. The second kappa shape index (κ2) is 5.51. The molecular formula is C13H9Br2N3. The van der Waals surface area contributed by atoms with E-state index in [1.807, 2.05) is 31.2 Å². The number of hydrogen-bond donors (Lipinski definition) is 1. The Bertz CT molecular complexity index is 612. The first-order chi connectivity index (χ1) is 8.63. The molecule has 0 saturated carbocycles. The van der Waals surface area contributed by atoms with E-state index in [-0.39, 0.29) is 0 Å². The second-order valence-electron chi connectivity index (χ2n) is 3.68. The summed E-state index contributed by atoms with van der Waals surface area (Å²) in [5, 5.41) is 12.3. The average Bonchev–Trinajstić information content (AvgIpc) is 2.34. The minimum absolute atomic E-state index is 0.556. The van der Waals surface area contributed by atoms with Crippen LogP contribution in [0.4, 0.5) is 11.5 Å². The largest absolute Gasteiger partial charge is 0.337 e. The molecule has 1 aromatic heterocycles. The van der Waals surface area contributed by atoms with E-state index in [1.165, 1.54) is 0 Å². The first-order valence-electron chi connectivity index (χ1n) is 5.20. The third kappa shape index (κ3) is 2.55. The maximum Gasteiger partial charge on any atom is 0.148 e. The molecule has 0 bridgehead atoms. The van der Waals surface area contributed by atoms with Crippen LogP contribution < -0.4 is 5.32 Å². The molecule has 0 amide bonds. The molecule has 0 aliphatic rings. The van der Waals surface area contributed by atoms with E-state index in [2.05, 4.69) is 48.2 Å². The van der Waals surface area contributed by atoms with Gasteiger partial charge in [0.05, 0.1) is 11.3 Å². The quantitative estimate of drug-likeness (QED) is 0.849. The van der Waals surface area contributed by atoms with Gasteiger partial charge in [0.15, 0.2) is 0 Å². The number of aromatic nitrogens is 1. The fourth-order valence-electron chi connectivity index (χ4n) is 1.53. The highest BCUT2D eigenvalue weighted by molar-refractivity contribution is 9.11. The zero-order chi connectivity index (χ0) is 13.1. The lowest BCUT2D eigenvalue weighted by Crippen LogP contribution is -1.99. The number of nitrogens with zero attached hydrogens (tertiary/aromatic N) is 2. The van der Waals surface area contributed by atoms with Gasteiger partial charge in [-0.1, -0.05) is 6.07 Å². The van der Waals surface area contributed by atoms with E-state index in [1.54, 1.807) is 6.20 Å². The first-order valence-corrected chi connectivity index (χ1v) is 6.79. The normalized spacial score (nSPS) is 9.89. The fraction of sp³-hybridized carbons (Fsp3) is 0.0769. The van der Waals surface area contributed by atoms with Gasteiger partial charge in [-0.05, 0) is 62.5 Å². The Labute approximate surface area is 122 Å². The topological polar surface area (TPSA) is 48.7 Å². The van der Waals surface area contributed by atoms with Crippen molar-refractivity contribution < 1.29 is 0 Å². The number of aryl methyl sites for hydroxylation is 1. The third-order valence-electron chi connectivity index (χ3n) is 2.48. The molecule has 2 aromatic rings. The summed E-state index contributed by atoms with van der Waals surface area (Å²) in [6, 6.07) is 9.76. The summed E-state index contributed by atoms with van der Waals surface area (Å²) in [7, 11) is 0. The average molecular weight is 367 g/mol. The first kappa shape index (κ1) is 13.1. The van der Waals surface area contributed by atoms with Gasteiger partial charge in [-0.25, -0.2) is 4.98 Å². The molecular weight excluding hydrogens is 358 g/mol. The maximum absolute atomic E-state index is 9.16. The van der Waals surface area contributed by atoms with Crippen LogP contribution in [0.1, 0.15) is 11.1 Å². The van der Waals surface area contributed by atoms with Crippen molar-refractivity contribution in [2.75, 3.05) is 5.32 Å². The molecule has 0 fully saturated rings. The summed E-state index contributed by atoms with van der Waals surface area (Å²) in [6.07, 6.45) is 1.68. The Morgan fingerprint density at radius 2 is 1.89 bits per heavy atom. The van der Waals surface area contributed by atoms with Gasteiger partial charge in [-0.3, -0.25) is 0 Å². The van der Waals surface area contributed by atoms with Crippen molar-refractivity contribution in [1.29, 1.82) is 5.26 Å². The maximum atomic E-state index is 9.16. The number of hydrogen-bond acceptors (Lipinski definition) is 3. The van der Waals surface area contributed by atoms with E-state index in [0.717, 1.165) is 20.2 Å². The third-order valence-corrected chi connectivity index (χ3v) is 3.80. The Morgan fingerprint density at radius 3 is 2.50 bits per heavy atom. The summed E-state index contributed by atoms with van der Waals surface area (Å²) in [4.78, 5) is 4.21. The Hall–Kier alpha value is -1.38. The van der Waals surface area contributed by atoms with Gasteiger partial charge in [-0.2, -0.15) is 5.26 Å². The number of para-hydroxylation sites is 1.